The van der Waals surface area contributed by atoms with E-state index < -0.39 is 11.9 Å². The summed E-state index contributed by atoms with van der Waals surface area (Å²) in [7, 11) is 1.28. The quantitative estimate of drug-likeness (QED) is 0.228. The highest BCUT2D eigenvalue weighted by molar-refractivity contribution is 6.09. The number of hydrogen-bond acceptors (Lipinski definition) is 7. The number of ether oxygens (including phenoxy) is 3. The average Bonchev–Trinajstić information content (AvgIpc) is 2.92. The number of anilines is 2. The van der Waals surface area contributed by atoms with Crippen molar-refractivity contribution in [2.75, 3.05) is 31.0 Å². The van der Waals surface area contributed by atoms with Gasteiger partial charge in [0, 0.05) is 11.4 Å². The molecular formula is C29H27N3O6. The lowest BCUT2D eigenvalue weighted by molar-refractivity contribution is -0.118. The molecule has 9 nitrogen and oxygen atoms in total. The zero-order valence-corrected chi connectivity index (χ0v) is 21.2. The summed E-state index contributed by atoms with van der Waals surface area (Å²) >= 11 is 0. The SMILES string of the molecule is CCOc1cc(/C=C(\C#N)C(=O)Nc2ccc(C(=O)OC)cc2)ccc1OCC(=O)Nc1ccc(C)cc1. The molecule has 0 heterocycles. The Labute approximate surface area is 220 Å². The van der Waals surface area contributed by atoms with E-state index in [9.17, 15) is 19.6 Å². The number of benzene rings is 3. The number of nitriles is 1. The number of aryl methyl sites for hydroxylation is 1. The zero-order chi connectivity index (χ0) is 27.5. The van der Waals surface area contributed by atoms with Crippen molar-refractivity contribution < 1.29 is 28.6 Å². The molecule has 0 radical (unpaired) electrons. The van der Waals surface area contributed by atoms with Crippen LogP contribution in [0.25, 0.3) is 6.08 Å². The molecular weight excluding hydrogens is 486 g/mol. The normalized spacial score (nSPS) is 10.6. The molecule has 0 fully saturated rings. The van der Waals surface area contributed by atoms with Gasteiger partial charge in [-0.15, -0.1) is 0 Å². The number of esters is 1. The van der Waals surface area contributed by atoms with Crippen molar-refractivity contribution >= 4 is 35.2 Å². The lowest BCUT2D eigenvalue weighted by Gasteiger charge is -2.13. The van der Waals surface area contributed by atoms with E-state index in [-0.39, 0.29) is 18.1 Å². The molecule has 3 rings (SSSR count). The summed E-state index contributed by atoms with van der Waals surface area (Å²) in [4.78, 5) is 36.5. The molecule has 0 aliphatic heterocycles. The van der Waals surface area contributed by atoms with Crippen molar-refractivity contribution in [2.24, 2.45) is 0 Å². The van der Waals surface area contributed by atoms with Crippen LogP contribution in [-0.4, -0.2) is 38.1 Å². The van der Waals surface area contributed by atoms with E-state index in [4.69, 9.17) is 9.47 Å². The third kappa shape index (κ3) is 7.70. The van der Waals surface area contributed by atoms with Crippen molar-refractivity contribution in [1.29, 1.82) is 5.26 Å². The zero-order valence-electron chi connectivity index (χ0n) is 21.2. The van der Waals surface area contributed by atoms with Crippen LogP contribution in [0.15, 0.2) is 72.3 Å². The van der Waals surface area contributed by atoms with Crippen molar-refractivity contribution in [3.05, 3.63) is 89.0 Å². The molecule has 2 amide bonds. The second-order valence-electron chi connectivity index (χ2n) is 8.03. The van der Waals surface area contributed by atoms with E-state index in [1.807, 2.05) is 25.1 Å². The molecule has 0 aliphatic rings. The minimum Gasteiger partial charge on any atom is -0.490 e. The van der Waals surface area contributed by atoms with Crippen molar-refractivity contribution in [2.45, 2.75) is 13.8 Å². The van der Waals surface area contributed by atoms with Crippen LogP contribution in [0.4, 0.5) is 11.4 Å². The largest absolute Gasteiger partial charge is 0.490 e. The Morgan fingerprint density at radius 3 is 2.18 bits per heavy atom. The lowest BCUT2D eigenvalue weighted by Crippen LogP contribution is -2.20. The number of hydrogen-bond donors (Lipinski definition) is 2. The minimum atomic E-state index is -0.621. The van der Waals surface area contributed by atoms with Gasteiger partial charge in [-0.2, -0.15) is 5.26 Å². The number of methoxy groups -OCH3 is 1. The first-order chi connectivity index (χ1) is 18.3. The second-order valence-corrected chi connectivity index (χ2v) is 8.03. The summed E-state index contributed by atoms with van der Waals surface area (Å²) < 4.78 is 16.0. The van der Waals surface area contributed by atoms with Crippen molar-refractivity contribution in [3.8, 4) is 17.6 Å². The van der Waals surface area contributed by atoms with Gasteiger partial charge in [0.25, 0.3) is 11.8 Å². The monoisotopic (exact) mass is 513 g/mol. The molecule has 0 saturated heterocycles. The van der Waals surface area contributed by atoms with Crippen LogP contribution in [-0.2, 0) is 14.3 Å². The summed E-state index contributed by atoms with van der Waals surface area (Å²) in [6.45, 7) is 3.87. The van der Waals surface area contributed by atoms with Gasteiger partial charge >= 0.3 is 5.97 Å². The first kappa shape index (κ1) is 27.5. The number of carbonyl (C=O) groups excluding carboxylic acids is 3. The van der Waals surface area contributed by atoms with Gasteiger partial charge in [0.1, 0.15) is 11.6 Å². The van der Waals surface area contributed by atoms with Gasteiger partial charge < -0.3 is 24.8 Å². The second kappa shape index (κ2) is 13.3. The average molecular weight is 514 g/mol. The van der Waals surface area contributed by atoms with Crippen LogP contribution in [0.1, 0.15) is 28.4 Å². The maximum Gasteiger partial charge on any atom is 0.337 e. The molecule has 9 heteroatoms. The van der Waals surface area contributed by atoms with Crippen LogP contribution in [0.2, 0.25) is 0 Å². The van der Waals surface area contributed by atoms with Gasteiger partial charge in [0.15, 0.2) is 18.1 Å². The third-order valence-electron chi connectivity index (χ3n) is 5.20. The van der Waals surface area contributed by atoms with Gasteiger partial charge in [-0.1, -0.05) is 23.8 Å². The molecule has 2 N–H and O–H groups in total. The van der Waals surface area contributed by atoms with Crippen LogP contribution in [0, 0.1) is 18.3 Å². The summed E-state index contributed by atoms with van der Waals surface area (Å²) in [6.07, 6.45) is 1.41. The fraction of sp³-hybridized carbons (Fsp3) is 0.172. The first-order valence-electron chi connectivity index (χ1n) is 11.7. The summed E-state index contributed by atoms with van der Waals surface area (Å²) in [6, 6.07) is 20.2. The Hall–Kier alpha value is -5.10. The molecule has 0 bridgehead atoms. The van der Waals surface area contributed by atoms with Crippen LogP contribution < -0.4 is 20.1 Å². The highest BCUT2D eigenvalue weighted by Crippen LogP contribution is 2.29. The number of carbonyl (C=O) groups is 3. The smallest absolute Gasteiger partial charge is 0.337 e. The Morgan fingerprint density at radius 1 is 0.895 bits per heavy atom. The van der Waals surface area contributed by atoms with Crippen LogP contribution >= 0.6 is 0 Å². The van der Waals surface area contributed by atoms with E-state index in [0.29, 0.717) is 40.6 Å². The van der Waals surface area contributed by atoms with Crippen molar-refractivity contribution in [1.82, 2.24) is 0 Å². The molecule has 194 valence electrons. The van der Waals surface area contributed by atoms with E-state index in [0.717, 1.165) is 5.56 Å². The minimum absolute atomic E-state index is 0.143. The number of nitrogens with zero attached hydrogens (tertiary/aromatic N) is 1. The Bertz CT molecular complexity index is 1370. The van der Waals surface area contributed by atoms with Gasteiger partial charge in [-0.05, 0) is 74.0 Å². The maximum absolute atomic E-state index is 12.7. The first-order valence-corrected chi connectivity index (χ1v) is 11.7. The highest BCUT2D eigenvalue weighted by Gasteiger charge is 2.13. The molecule has 0 aromatic heterocycles. The number of nitrogens with one attached hydrogen (secondary N) is 2. The Balaban J connectivity index is 1.69. The van der Waals surface area contributed by atoms with Gasteiger partial charge in [-0.3, -0.25) is 9.59 Å². The summed E-state index contributed by atoms with van der Waals surface area (Å²) in [5.41, 5.74) is 2.87. The predicted octanol–water partition coefficient (Wildman–Crippen LogP) is 4.74. The van der Waals surface area contributed by atoms with E-state index in [1.54, 1.807) is 37.3 Å². The van der Waals surface area contributed by atoms with E-state index in [2.05, 4.69) is 15.4 Å². The van der Waals surface area contributed by atoms with E-state index >= 15 is 0 Å². The standard InChI is InChI=1S/C29H27N3O6/c1-4-37-26-16-20(7-14-25(26)38-18-27(33)31-23-10-5-19(2)6-11-23)15-22(17-30)28(34)32-24-12-8-21(9-13-24)29(35)36-3/h5-16H,4,18H2,1-3H3,(H,31,33)(H,32,34)/b22-15+. The van der Waals surface area contributed by atoms with Crippen LogP contribution in [0.3, 0.4) is 0 Å². The Morgan fingerprint density at radius 2 is 1.55 bits per heavy atom. The molecule has 0 aliphatic carbocycles. The fourth-order valence-electron chi connectivity index (χ4n) is 3.30. The molecule has 3 aromatic rings. The number of rotatable bonds is 10. The molecule has 0 spiro atoms. The highest BCUT2D eigenvalue weighted by atomic mass is 16.5. The predicted molar refractivity (Wildman–Crippen MR) is 143 cm³/mol. The molecule has 0 unspecified atom stereocenters. The summed E-state index contributed by atoms with van der Waals surface area (Å²) in [5, 5.41) is 14.9. The third-order valence-corrected chi connectivity index (χ3v) is 5.20. The van der Waals surface area contributed by atoms with Gasteiger partial charge in [-0.25, -0.2) is 4.79 Å². The molecule has 0 saturated carbocycles. The van der Waals surface area contributed by atoms with Gasteiger partial charge in [0.05, 0.1) is 19.3 Å². The topological polar surface area (TPSA) is 127 Å². The lowest BCUT2D eigenvalue weighted by atomic mass is 10.1. The van der Waals surface area contributed by atoms with Crippen LogP contribution in [0.5, 0.6) is 11.5 Å². The molecule has 3 aromatic carbocycles. The molecule has 0 atom stereocenters. The van der Waals surface area contributed by atoms with Crippen molar-refractivity contribution in [3.63, 3.8) is 0 Å². The summed E-state index contributed by atoms with van der Waals surface area (Å²) in [5.74, 6) is -0.741. The fourth-order valence-corrected chi connectivity index (χ4v) is 3.30. The Kier molecular flexibility index (Phi) is 9.60. The number of amides is 2. The maximum atomic E-state index is 12.7. The molecule has 38 heavy (non-hydrogen) atoms. The van der Waals surface area contributed by atoms with E-state index in [1.165, 1.54) is 37.5 Å². The van der Waals surface area contributed by atoms with Gasteiger partial charge in [0.2, 0.25) is 0 Å².